The van der Waals surface area contributed by atoms with Crippen molar-refractivity contribution in [2.45, 2.75) is 52.2 Å². The second-order valence-electron chi connectivity index (χ2n) is 7.53. The van der Waals surface area contributed by atoms with Gasteiger partial charge in [0.2, 0.25) is 0 Å². The number of carbonyl (C=O) groups excluding carboxylic acids is 1. The fraction of sp³-hybridized carbons (Fsp3) is 0.458. The lowest BCUT2D eigenvalue weighted by molar-refractivity contribution is -0.207. The summed E-state index contributed by atoms with van der Waals surface area (Å²) in [6, 6.07) is 11.7. The van der Waals surface area contributed by atoms with Gasteiger partial charge < -0.3 is 14.2 Å². The summed E-state index contributed by atoms with van der Waals surface area (Å²) in [5, 5.41) is 0. The maximum Gasteiger partial charge on any atom is 0.343 e. The lowest BCUT2D eigenvalue weighted by Crippen LogP contribution is -2.27. The van der Waals surface area contributed by atoms with E-state index < -0.39 is 18.1 Å². The molecule has 0 spiro atoms. The normalized spacial score (nSPS) is 19.1. The van der Waals surface area contributed by atoms with E-state index in [0.29, 0.717) is 30.4 Å². The molecule has 2 aromatic rings. The summed E-state index contributed by atoms with van der Waals surface area (Å²) in [4.78, 5) is 12.4. The van der Waals surface area contributed by atoms with E-state index in [1.165, 1.54) is 17.7 Å². The lowest BCUT2D eigenvalue weighted by atomic mass is 10.0. The molecule has 0 N–H and O–H groups in total. The van der Waals surface area contributed by atoms with Crippen LogP contribution in [0.2, 0.25) is 0 Å². The average molecular weight is 400 g/mol. The molecule has 0 aromatic heterocycles. The molecule has 4 nitrogen and oxygen atoms in total. The van der Waals surface area contributed by atoms with Gasteiger partial charge in [-0.15, -0.1) is 0 Å². The molecule has 2 aromatic carbocycles. The minimum atomic E-state index is -0.733. The van der Waals surface area contributed by atoms with Gasteiger partial charge >= 0.3 is 5.97 Å². The highest BCUT2D eigenvalue weighted by Crippen LogP contribution is 2.29. The van der Waals surface area contributed by atoms with Crippen LogP contribution in [0.3, 0.4) is 0 Å². The Hall–Kier alpha value is -2.24. The van der Waals surface area contributed by atoms with Crippen LogP contribution in [0, 0.1) is 11.7 Å². The number of esters is 1. The number of hydrogen-bond donors (Lipinski definition) is 0. The number of rotatable bonds is 8. The molecule has 156 valence electrons. The third-order valence-corrected chi connectivity index (χ3v) is 5.11. The van der Waals surface area contributed by atoms with E-state index in [-0.39, 0.29) is 5.56 Å². The molecule has 0 saturated carbocycles. The zero-order valence-corrected chi connectivity index (χ0v) is 17.2. The maximum absolute atomic E-state index is 14.6. The summed E-state index contributed by atoms with van der Waals surface area (Å²) < 4.78 is 31.3. The van der Waals surface area contributed by atoms with Crippen molar-refractivity contribution in [3.05, 3.63) is 65.0 Å². The Labute approximate surface area is 172 Å². The highest BCUT2D eigenvalue weighted by Gasteiger charge is 2.26. The number of carbonyl (C=O) groups is 1. The molecule has 29 heavy (non-hydrogen) atoms. The van der Waals surface area contributed by atoms with Gasteiger partial charge in [-0.25, -0.2) is 9.18 Å². The van der Waals surface area contributed by atoms with Crippen molar-refractivity contribution in [3.63, 3.8) is 0 Å². The number of ether oxygens (including phenoxy) is 3. The van der Waals surface area contributed by atoms with Gasteiger partial charge in [-0.1, -0.05) is 44.9 Å². The molecular formula is C24H29FO4. The molecular weight excluding hydrogens is 371 g/mol. The molecule has 0 bridgehead atoms. The number of unbranched alkanes of at least 4 members (excludes halogenated alkanes) is 1. The van der Waals surface area contributed by atoms with Crippen LogP contribution >= 0.6 is 0 Å². The third kappa shape index (κ3) is 5.87. The van der Waals surface area contributed by atoms with E-state index in [9.17, 15) is 9.18 Å². The minimum Gasteiger partial charge on any atom is -0.423 e. The Balaban J connectivity index is 1.60. The minimum absolute atomic E-state index is 0.154. The monoisotopic (exact) mass is 400 g/mol. The molecule has 0 unspecified atom stereocenters. The maximum atomic E-state index is 14.6. The van der Waals surface area contributed by atoms with Crippen molar-refractivity contribution in [2.75, 3.05) is 13.2 Å². The van der Waals surface area contributed by atoms with Crippen LogP contribution in [0.1, 0.15) is 67.3 Å². The standard InChI is InChI=1S/C24H29FO4/c1-3-5-7-17-8-11-20(12-9-17)29-23(26)19-10-13-21(22(25)14-19)24-27-15-18(6-4-2)16-28-24/h8-14,18,24H,3-7,15-16H2,1-2H3. The van der Waals surface area contributed by atoms with Crippen molar-refractivity contribution in [1.82, 2.24) is 0 Å². The lowest BCUT2D eigenvalue weighted by Gasteiger charge is -2.29. The Bertz CT molecular complexity index is 795. The third-order valence-electron chi connectivity index (χ3n) is 5.11. The predicted molar refractivity (Wildman–Crippen MR) is 109 cm³/mol. The van der Waals surface area contributed by atoms with Gasteiger partial charge in [0.05, 0.1) is 18.8 Å². The van der Waals surface area contributed by atoms with Gasteiger partial charge in [-0.3, -0.25) is 0 Å². The highest BCUT2D eigenvalue weighted by molar-refractivity contribution is 5.91. The molecule has 3 rings (SSSR count). The average Bonchev–Trinajstić information content (AvgIpc) is 2.74. The molecule has 0 radical (unpaired) electrons. The van der Waals surface area contributed by atoms with Crippen LogP contribution in [-0.4, -0.2) is 19.2 Å². The fourth-order valence-corrected chi connectivity index (χ4v) is 3.41. The first-order valence-corrected chi connectivity index (χ1v) is 10.4. The Morgan fingerprint density at radius 3 is 2.41 bits per heavy atom. The second-order valence-corrected chi connectivity index (χ2v) is 7.53. The van der Waals surface area contributed by atoms with E-state index in [0.717, 1.165) is 32.1 Å². The summed E-state index contributed by atoms with van der Waals surface area (Å²) in [6.45, 7) is 5.37. The van der Waals surface area contributed by atoms with Crippen LogP contribution in [0.15, 0.2) is 42.5 Å². The Morgan fingerprint density at radius 2 is 1.79 bits per heavy atom. The van der Waals surface area contributed by atoms with E-state index in [1.807, 2.05) is 12.1 Å². The second kappa shape index (κ2) is 10.5. The van der Waals surface area contributed by atoms with Gasteiger partial charge in [0, 0.05) is 11.5 Å². The van der Waals surface area contributed by atoms with E-state index in [4.69, 9.17) is 14.2 Å². The van der Waals surface area contributed by atoms with Crippen LogP contribution in [-0.2, 0) is 15.9 Å². The first-order valence-electron chi connectivity index (χ1n) is 10.4. The van der Waals surface area contributed by atoms with Crippen LogP contribution in [0.4, 0.5) is 4.39 Å². The first-order chi connectivity index (χ1) is 14.1. The molecule has 1 aliphatic heterocycles. The summed E-state index contributed by atoms with van der Waals surface area (Å²) in [5.41, 5.74) is 1.66. The van der Waals surface area contributed by atoms with Gasteiger partial charge in [-0.05, 0) is 49.1 Å². The summed E-state index contributed by atoms with van der Waals surface area (Å²) >= 11 is 0. The molecule has 0 amide bonds. The van der Waals surface area contributed by atoms with Crippen molar-refractivity contribution in [2.24, 2.45) is 5.92 Å². The first kappa shape index (κ1) is 21.5. The van der Waals surface area contributed by atoms with Gasteiger partial charge in [0.15, 0.2) is 6.29 Å². The van der Waals surface area contributed by atoms with Crippen molar-refractivity contribution >= 4 is 5.97 Å². The van der Waals surface area contributed by atoms with Crippen LogP contribution < -0.4 is 4.74 Å². The molecule has 1 aliphatic rings. The number of aryl methyl sites for hydroxylation is 1. The van der Waals surface area contributed by atoms with E-state index in [1.54, 1.807) is 18.2 Å². The number of hydrogen-bond acceptors (Lipinski definition) is 4. The zero-order valence-electron chi connectivity index (χ0n) is 17.2. The summed E-state index contributed by atoms with van der Waals surface area (Å²) in [6.07, 6.45) is 4.62. The Kier molecular flexibility index (Phi) is 7.78. The van der Waals surface area contributed by atoms with Gasteiger partial charge in [-0.2, -0.15) is 0 Å². The molecule has 1 heterocycles. The van der Waals surface area contributed by atoms with Crippen molar-refractivity contribution in [1.29, 1.82) is 0 Å². The van der Waals surface area contributed by atoms with Crippen molar-refractivity contribution < 1.29 is 23.4 Å². The van der Waals surface area contributed by atoms with Crippen LogP contribution in [0.25, 0.3) is 0 Å². The Morgan fingerprint density at radius 1 is 1.07 bits per heavy atom. The molecule has 1 fully saturated rings. The zero-order chi connectivity index (χ0) is 20.6. The molecule has 5 heteroatoms. The fourth-order valence-electron chi connectivity index (χ4n) is 3.41. The topological polar surface area (TPSA) is 44.8 Å². The smallest absolute Gasteiger partial charge is 0.343 e. The van der Waals surface area contributed by atoms with E-state index >= 15 is 0 Å². The summed E-state index contributed by atoms with van der Waals surface area (Å²) in [7, 11) is 0. The number of benzene rings is 2. The van der Waals surface area contributed by atoms with Gasteiger partial charge in [0.25, 0.3) is 0 Å². The van der Waals surface area contributed by atoms with Crippen molar-refractivity contribution in [3.8, 4) is 5.75 Å². The predicted octanol–water partition coefficient (Wildman–Crippen LogP) is 5.85. The molecule has 1 saturated heterocycles. The SMILES string of the molecule is CCCCc1ccc(OC(=O)c2ccc(C3OCC(CCC)CO3)c(F)c2)cc1. The highest BCUT2D eigenvalue weighted by atomic mass is 19.1. The summed E-state index contributed by atoms with van der Waals surface area (Å²) in [5.74, 6) is -0.332. The molecule has 0 aliphatic carbocycles. The van der Waals surface area contributed by atoms with E-state index in [2.05, 4.69) is 13.8 Å². The van der Waals surface area contributed by atoms with Crippen LogP contribution in [0.5, 0.6) is 5.75 Å². The quantitative estimate of drug-likeness (QED) is 0.412. The van der Waals surface area contributed by atoms with Gasteiger partial charge in [0.1, 0.15) is 11.6 Å². The number of halogens is 1. The molecule has 0 atom stereocenters. The largest absolute Gasteiger partial charge is 0.423 e.